The van der Waals surface area contributed by atoms with Gasteiger partial charge in [-0.05, 0) is 25.1 Å². The first kappa shape index (κ1) is 18.2. The van der Waals surface area contributed by atoms with E-state index < -0.39 is 29.9 Å². The molecule has 1 aliphatic heterocycles. The molecule has 2 aromatic rings. The SMILES string of the molecule is C[C@]1(c2ccccc2Cl)NC(=O)N(CC(=O)Nc2ccccc2Cl)C1=O. The second-order valence-electron chi connectivity index (χ2n) is 5.95. The van der Waals surface area contributed by atoms with Crippen LogP contribution in [0, 0.1) is 0 Å². The molecule has 0 saturated carbocycles. The van der Waals surface area contributed by atoms with Crippen LogP contribution in [0.4, 0.5) is 10.5 Å². The van der Waals surface area contributed by atoms with Gasteiger partial charge in [0.15, 0.2) is 0 Å². The molecule has 0 radical (unpaired) electrons. The van der Waals surface area contributed by atoms with Crippen molar-refractivity contribution in [1.82, 2.24) is 10.2 Å². The number of carbonyl (C=O) groups is 3. The highest BCUT2D eigenvalue weighted by molar-refractivity contribution is 6.33. The van der Waals surface area contributed by atoms with Crippen molar-refractivity contribution >= 4 is 46.7 Å². The smallest absolute Gasteiger partial charge is 0.323 e. The molecule has 4 amide bonds. The van der Waals surface area contributed by atoms with Crippen LogP contribution in [-0.4, -0.2) is 29.3 Å². The van der Waals surface area contributed by atoms with Gasteiger partial charge in [0.2, 0.25) is 5.91 Å². The number of nitrogens with zero attached hydrogens (tertiary/aromatic N) is 1. The number of para-hydroxylation sites is 1. The molecule has 0 spiro atoms. The standard InChI is InChI=1S/C18H15Cl2N3O3/c1-18(11-6-2-3-7-12(11)19)16(25)23(17(26)22-18)10-15(24)21-14-9-5-4-8-13(14)20/h2-9H,10H2,1H3,(H,21,24)(H,22,26)/t18-/m1/s1. The molecule has 1 heterocycles. The maximum atomic E-state index is 12.8. The predicted molar refractivity (Wildman–Crippen MR) is 99.1 cm³/mol. The Balaban J connectivity index is 1.78. The summed E-state index contributed by atoms with van der Waals surface area (Å²) < 4.78 is 0. The molecule has 0 aliphatic carbocycles. The van der Waals surface area contributed by atoms with Gasteiger partial charge in [0.05, 0.1) is 10.7 Å². The van der Waals surface area contributed by atoms with Crippen molar-refractivity contribution in [1.29, 1.82) is 0 Å². The van der Waals surface area contributed by atoms with Gasteiger partial charge in [-0.2, -0.15) is 0 Å². The Bertz CT molecular complexity index is 903. The number of anilines is 1. The number of amides is 4. The van der Waals surface area contributed by atoms with Gasteiger partial charge in [-0.1, -0.05) is 53.5 Å². The Morgan fingerprint density at radius 3 is 2.35 bits per heavy atom. The third kappa shape index (κ3) is 3.25. The number of hydrogen-bond donors (Lipinski definition) is 2. The number of imide groups is 1. The van der Waals surface area contributed by atoms with Crippen LogP contribution in [0.15, 0.2) is 48.5 Å². The molecule has 8 heteroatoms. The number of rotatable bonds is 4. The number of nitrogens with one attached hydrogen (secondary N) is 2. The van der Waals surface area contributed by atoms with Gasteiger partial charge >= 0.3 is 6.03 Å². The summed E-state index contributed by atoms with van der Waals surface area (Å²) in [6.45, 7) is 1.12. The lowest BCUT2D eigenvalue weighted by Gasteiger charge is -2.23. The first-order valence-electron chi connectivity index (χ1n) is 7.76. The zero-order chi connectivity index (χ0) is 18.9. The molecular weight excluding hydrogens is 377 g/mol. The average Bonchev–Trinajstić information content (AvgIpc) is 2.81. The molecule has 1 saturated heterocycles. The van der Waals surface area contributed by atoms with Crippen LogP contribution < -0.4 is 10.6 Å². The maximum Gasteiger partial charge on any atom is 0.325 e. The number of carbonyl (C=O) groups excluding carboxylic acids is 3. The van der Waals surface area contributed by atoms with Crippen LogP contribution in [0.25, 0.3) is 0 Å². The molecule has 0 aromatic heterocycles. The van der Waals surface area contributed by atoms with Gasteiger partial charge in [-0.25, -0.2) is 4.79 Å². The Hall–Kier alpha value is -2.57. The van der Waals surface area contributed by atoms with Crippen LogP contribution in [0.5, 0.6) is 0 Å². The second-order valence-corrected chi connectivity index (χ2v) is 6.77. The summed E-state index contributed by atoms with van der Waals surface area (Å²) in [6, 6.07) is 12.8. The van der Waals surface area contributed by atoms with E-state index in [2.05, 4.69) is 10.6 Å². The average molecular weight is 392 g/mol. The second kappa shape index (κ2) is 6.97. The van der Waals surface area contributed by atoms with Gasteiger partial charge in [0.25, 0.3) is 5.91 Å². The summed E-state index contributed by atoms with van der Waals surface area (Å²) in [5, 5.41) is 5.91. The Kier molecular flexibility index (Phi) is 4.89. The first-order valence-corrected chi connectivity index (χ1v) is 8.52. The van der Waals surface area contributed by atoms with Crippen molar-refractivity contribution in [2.24, 2.45) is 0 Å². The van der Waals surface area contributed by atoms with E-state index in [0.29, 0.717) is 21.3 Å². The highest BCUT2D eigenvalue weighted by Gasteiger charge is 2.50. The minimum atomic E-state index is -1.33. The van der Waals surface area contributed by atoms with Crippen molar-refractivity contribution in [2.45, 2.75) is 12.5 Å². The summed E-state index contributed by atoms with van der Waals surface area (Å²) in [4.78, 5) is 38.2. The van der Waals surface area contributed by atoms with Crippen molar-refractivity contribution in [3.05, 3.63) is 64.1 Å². The summed E-state index contributed by atoms with van der Waals surface area (Å²) in [6.07, 6.45) is 0. The molecule has 1 atom stereocenters. The fraction of sp³-hybridized carbons (Fsp3) is 0.167. The molecule has 2 aromatic carbocycles. The quantitative estimate of drug-likeness (QED) is 0.783. The number of halogens is 2. The Labute approximate surface area is 160 Å². The fourth-order valence-electron chi connectivity index (χ4n) is 2.79. The molecule has 2 N–H and O–H groups in total. The Morgan fingerprint density at radius 1 is 1.08 bits per heavy atom. The van der Waals surface area contributed by atoms with Crippen LogP contribution in [-0.2, 0) is 15.1 Å². The fourth-order valence-corrected chi connectivity index (χ4v) is 3.29. The third-order valence-corrected chi connectivity index (χ3v) is 4.80. The van der Waals surface area contributed by atoms with E-state index in [0.717, 1.165) is 4.90 Å². The highest BCUT2D eigenvalue weighted by Crippen LogP contribution is 2.33. The monoisotopic (exact) mass is 391 g/mol. The highest BCUT2D eigenvalue weighted by atomic mass is 35.5. The van der Waals surface area contributed by atoms with E-state index in [9.17, 15) is 14.4 Å². The van der Waals surface area contributed by atoms with Crippen molar-refractivity contribution in [2.75, 3.05) is 11.9 Å². The van der Waals surface area contributed by atoms with E-state index in [4.69, 9.17) is 23.2 Å². The lowest BCUT2D eigenvalue weighted by molar-refractivity contribution is -0.133. The van der Waals surface area contributed by atoms with Crippen molar-refractivity contribution in [3.8, 4) is 0 Å². The lowest BCUT2D eigenvalue weighted by atomic mass is 9.92. The van der Waals surface area contributed by atoms with Gasteiger partial charge in [0, 0.05) is 10.6 Å². The molecule has 134 valence electrons. The van der Waals surface area contributed by atoms with Gasteiger partial charge in [0.1, 0.15) is 12.1 Å². The summed E-state index contributed by atoms with van der Waals surface area (Å²) in [5.41, 5.74) is -0.464. The zero-order valence-corrected chi connectivity index (χ0v) is 15.3. The minimum Gasteiger partial charge on any atom is -0.323 e. The van der Waals surface area contributed by atoms with E-state index >= 15 is 0 Å². The molecule has 0 bridgehead atoms. The number of urea groups is 1. The largest absolute Gasteiger partial charge is 0.325 e. The van der Waals surface area contributed by atoms with Crippen LogP contribution in [0.2, 0.25) is 10.0 Å². The molecule has 1 aliphatic rings. The molecule has 3 rings (SSSR count). The Morgan fingerprint density at radius 2 is 1.69 bits per heavy atom. The van der Waals surface area contributed by atoms with Gasteiger partial charge < -0.3 is 10.6 Å². The van der Waals surface area contributed by atoms with Crippen LogP contribution in [0.3, 0.4) is 0 Å². The minimum absolute atomic E-state index is 0.353. The predicted octanol–water partition coefficient (Wildman–Crippen LogP) is 3.40. The maximum absolute atomic E-state index is 12.8. The zero-order valence-electron chi connectivity index (χ0n) is 13.8. The molecule has 1 fully saturated rings. The topological polar surface area (TPSA) is 78.5 Å². The van der Waals surface area contributed by atoms with Gasteiger partial charge in [-0.3, -0.25) is 14.5 Å². The molecular formula is C18H15Cl2N3O3. The van der Waals surface area contributed by atoms with Gasteiger partial charge in [-0.15, -0.1) is 0 Å². The molecule has 6 nitrogen and oxygen atoms in total. The van der Waals surface area contributed by atoms with E-state index in [1.165, 1.54) is 0 Å². The summed E-state index contributed by atoms with van der Waals surface area (Å²) in [7, 11) is 0. The normalized spacial score (nSPS) is 19.4. The van der Waals surface area contributed by atoms with Crippen molar-refractivity contribution < 1.29 is 14.4 Å². The first-order chi connectivity index (χ1) is 12.3. The number of benzene rings is 2. The number of hydrogen-bond acceptors (Lipinski definition) is 3. The molecule has 0 unspecified atom stereocenters. The summed E-state index contributed by atoms with van der Waals surface area (Å²) >= 11 is 12.2. The lowest BCUT2D eigenvalue weighted by Crippen LogP contribution is -2.42. The third-order valence-electron chi connectivity index (χ3n) is 4.14. The van der Waals surface area contributed by atoms with E-state index in [-0.39, 0.29) is 0 Å². The van der Waals surface area contributed by atoms with Crippen molar-refractivity contribution in [3.63, 3.8) is 0 Å². The van der Waals surface area contributed by atoms with Crippen LogP contribution in [0.1, 0.15) is 12.5 Å². The summed E-state index contributed by atoms with van der Waals surface area (Å²) in [5.74, 6) is -1.09. The molecule has 26 heavy (non-hydrogen) atoms. The van der Waals surface area contributed by atoms with E-state index in [1.54, 1.807) is 55.5 Å². The van der Waals surface area contributed by atoms with E-state index in [1.807, 2.05) is 0 Å². The van der Waals surface area contributed by atoms with Crippen LogP contribution >= 0.6 is 23.2 Å².